The Labute approximate surface area is 170 Å². The smallest absolute Gasteiger partial charge is 0.0398 e. The highest BCUT2D eigenvalue weighted by Crippen LogP contribution is 2.23. The zero-order valence-corrected chi connectivity index (χ0v) is 19.0. The van der Waals surface area contributed by atoms with E-state index >= 15 is 0 Å². The highest BCUT2D eigenvalue weighted by atomic mass is 15.1. The second kappa shape index (κ2) is 16.0. The highest BCUT2D eigenvalue weighted by molar-refractivity contribution is 5.55. The van der Waals surface area contributed by atoms with Crippen molar-refractivity contribution in [2.24, 2.45) is 0 Å². The number of hydrogen-bond donors (Lipinski definition) is 0. The van der Waals surface area contributed by atoms with E-state index in [4.69, 9.17) is 0 Å². The Morgan fingerprint density at radius 2 is 1.11 bits per heavy atom. The van der Waals surface area contributed by atoms with Crippen LogP contribution in [0, 0.1) is 13.8 Å². The van der Waals surface area contributed by atoms with Crippen LogP contribution in [0.15, 0.2) is 18.2 Å². The Hall–Kier alpha value is -0.980. The number of anilines is 1. The van der Waals surface area contributed by atoms with Gasteiger partial charge in [-0.1, -0.05) is 103 Å². The lowest BCUT2D eigenvalue weighted by molar-refractivity contribution is 0.535. The summed E-state index contributed by atoms with van der Waals surface area (Å²) in [6.07, 6.45) is 20.1. The number of nitrogens with zero attached hydrogens (tertiary/aromatic N) is 1. The van der Waals surface area contributed by atoms with Gasteiger partial charge in [-0.25, -0.2) is 0 Å². The van der Waals surface area contributed by atoms with Gasteiger partial charge in [0.1, 0.15) is 0 Å². The summed E-state index contributed by atoms with van der Waals surface area (Å²) in [6.45, 7) is 11.4. The minimum Gasteiger partial charge on any atom is -0.372 e. The number of benzene rings is 1. The maximum atomic E-state index is 2.56. The van der Waals surface area contributed by atoms with Crippen molar-refractivity contribution in [3.63, 3.8) is 0 Å². The highest BCUT2D eigenvalue weighted by Gasteiger charge is 2.08. The van der Waals surface area contributed by atoms with Gasteiger partial charge in [-0.3, -0.25) is 0 Å². The molecule has 0 atom stereocenters. The molecule has 1 rings (SSSR count). The van der Waals surface area contributed by atoms with E-state index in [9.17, 15) is 0 Å². The van der Waals surface area contributed by atoms with Crippen LogP contribution in [0.2, 0.25) is 0 Å². The van der Waals surface area contributed by atoms with E-state index in [1.54, 1.807) is 0 Å². The normalized spacial score (nSPS) is 11.1. The molecule has 0 aliphatic carbocycles. The summed E-state index contributed by atoms with van der Waals surface area (Å²) in [7, 11) is 0. The van der Waals surface area contributed by atoms with Gasteiger partial charge >= 0.3 is 0 Å². The third-order valence-electron chi connectivity index (χ3n) is 6.08. The second-order valence-corrected chi connectivity index (χ2v) is 8.39. The Kier molecular flexibility index (Phi) is 14.3. The molecule has 0 saturated carbocycles. The van der Waals surface area contributed by atoms with Gasteiger partial charge in [-0.05, 0) is 44.4 Å². The van der Waals surface area contributed by atoms with Crippen molar-refractivity contribution < 1.29 is 0 Å². The van der Waals surface area contributed by atoms with Gasteiger partial charge in [0, 0.05) is 18.8 Å². The maximum Gasteiger partial charge on any atom is 0.0398 e. The molecule has 1 aromatic carbocycles. The molecule has 0 unspecified atom stereocenters. The van der Waals surface area contributed by atoms with E-state index in [1.165, 1.54) is 113 Å². The molecule has 0 aromatic heterocycles. The first-order chi connectivity index (χ1) is 13.2. The van der Waals surface area contributed by atoms with Gasteiger partial charge in [0.15, 0.2) is 0 Å². The number of rotatable bonds is 17. The average Bonchev–Trinajstić information content (AvgIpc) is 2.68. The molecule has 156 valence electrons. The largest absolute Gasteiger partial charge is 0.372 e. The summed E-state index contributed by atoms with van der Waals surface area (Å²) < 4.78 is 0. The van der Waals surface area contributed by atoms with Gasteiger partial charge in [-0.15, -0.1) is 0 Å². The fourth-order valence-corrected chi connectivity index (χ4v) is 4.02. The van der Waals surface area contributed by atoms with Crippen LogP contribution in [0.5, 0.6) is 0 Å². The lowest BCUT2D eigenvalue weighted by atomic mass is 10.0. The number of aryl methyl sites for hydroxylation is 1. The van der Waals surface area contributed by atoms with Crippen LogP contribution < -0.4 is 4.90 Å². The number of hydrogen-bond acceptors (Lipinski definition) is 1. The summed E-state index contributed by atoms with van der Waals surface area (Å²) in [5.41, 5.74) is 4.30. The SMILES string of the molecule is CCCCCCCCCCCCCCCCN(CC)c1cccc(C)c1C. The average molecular weight is 374 g/mol. The van der Waals surface area contributed by atoms with Crippen LogP contribution in [-0.2, 0) is 0 Å². The molecule has 0 radical (unpaired) electrons. The van der Waals surface area contributed by atoms with Gasteiger partial charge < -0.3 is 4.90 Å². The Balaban J connectivity index is 1.98. The molecule has 0 saturated heterocycles. The molecule has 0 bridgehead atoms. The molecule has 1 aromatic rings. The first-order valence-corrected chi connectivity index (χ1v) is 12.0. The third-order valence-corrected chi connectivity index (χ3v) is 6.08. The molecular formula is C26H47N. The second-order valence-electron chi connectivity index (χ2n) is 8.39. The van der Waals surface area contributed by atoms with Crippen LogP contribution >= 0.6 is 0 Å². The molecule has 0 spiro atoms. The van der Waals surface area contributed by atoms with Crippen molar-refractivity contribution >= 4 is 5.69 Å². The zero-order valence-electron chi connectivity index (χ0n) is 19.0. The molecule has 0 amide bonds. The van der Waals surface area contributed by atoms with E-state index in [1.807, 2.05) is 0 Å². The lowest BCUT2D eigenvalue weighted by Crippen LogP contribution is -2.24. The van der Waals surface area contributed by atoms with Crippen molar-refractivity contribution in [3.05, 3.63) is 29.3 Å². The molecule has 0 heterocycles. The summed E-state index contributed by atoms with van der Waals surface area (Å²) in [6, 6.07) is 6.71. The minimum atomic E-state index is 1.11. The monoisotopic (exact) mass is 373 g/mol. The standard InChI is InChI=1S/C26H47N/c1-5-7-8-9-10-11-12-13-14-15-16-17-18-19-23-27(6-2)26-22-20-21-24(3)25(26)4/h20-22H,5-19,23H2,1-4H3. The van der Waals surface area contributed by atoms with E-state index in [2.05, 4.69) is 50.8 Å². The maximum absolute atomic E-state index is 2.56. The van der Waals surface area contributed by atoms with E-state index in [0.717, 1.165) is 6.54 Å². The zero-order chi connectivity index (χ0) is 19.7. The van der Waals surface area contributed by atoms with E-state index < -0.39 is 0 Å². The quantitative estimate of drug-likeness (QED) is 0.247. The molecular weight excluding hydrogens is 326 g/mol. The molecule has 1 heteroatoms. The predicted molar refractivity (Wildman–Crippen MR) is 124 cm³/mol. The fraction of sp³-hybridized carbons (Fsp3) is 0.769. The Bertz CT molecular complexity index is 465. The molecule has 0 aliphatic rings. The fourth-order valence-electron chi connectivity index (χ4n) is 4.02. The van der Waals surface area contributed by atoms with E-state index in [0.29, 0.717) is 0 Å². The first kappa shape index (κ1) is 24.1. The Morgan fingerprint density at radius 3 is 1.59 bits per heavy atom. The summed E-state index contributed by atoms with van der Waals surface area (Å²) in [5.74, 6) is 0. The topological polar surface area (TPSA) is 3.24 Å². The summed E-state index contributed by atoms with van der Waals surface area (Å²) >= 11 is 0. The van der Waals surface area contributed by atoms with Gasteiger partial charge in [0.25, 0.3) is 0 Å². The minimum absolute atomic E-state index is 1.11. The van der Waals surface area contributed by atoms with Crippen LogP contribution in [0.3, 0.4) is 0 Å². The van der Waals surface area contributed by atoms with Gasteiger partial charge in [-0.2, -0.15) is 0 Å². The molecule has 0 N–H and O–H groups in total. The number of unbranched alkanes of at least 4 members (excludes halogenated alkanes) is 13. The van der Waals surface area contributed by atoms with Crippen LogP contribution in [0.25, 0.3) is 0 Å². The van der Waals surface area contributed by atoms with E-state index in [-0.39, 0.29) is 0 Å². The van der Waals surface area contributed by atoms with Crippen molar-refractivity contribution in [3.8, 4) is 0 Å². The lowest BCUT2D eigenvalue weighted by Gasteiger charge is -2.25. The van der Waals surface area contributed by atoms with Crippen molar-refractivity contribution in [1.82, 2.24) is 0 Å². The van der Waals surface area contributed by atoms with Gasteiger partial charge in [0.2, 0.25) is 0 Å². The Morgan fingerprint density at radius 1 is 0.630 bits per heavy atom. The molecule has 0 aliphatic heterocycles. The third kappa shape index (κ3) is 10.8. The van der Waals surface area contributed by atoms with Crippen LogP contribution in [0.1, 0.15) is 115 Å². The van der Waals surface area contributed by atoms with Gasteiger partial charge in [0.05, 0.1) is 0 Å². The molecule has 0 fully saturated rings. The van der Waals surface area contributed by atoms with Crippen LogP contribution in [-0.4, -0.2) is 13.1 Å². The first-order valence-electron chi connectivity index (χ1n) is 12.0. The predicted octanol–water partition coefficient (Wildman–Crippen LogP) is 8.61. The van der Waals surface area contributed by atoms with Crippen molar-refractivity contribution in [1.29, 1.82) is 0 Å². The summed E-state index contributed by atoms with van der Waals surface area (Å²) in [4.78, 5) is 2.56. The summed E-state index contributed by atoms with van der Waals surface area (Å²) in [5, 5.41) is 0. The van der Waals surface area contributed by atoms with Crippen molar-refractivity contribution in [2.45, 2.75) is 118 Å². The molecule has 27 heavy (non-hydrogen) atoms. The van der Waals surface area contributed by atoms with Crippen molar-refractivity contribution in [2.75, 3.05) is 18.0 Å². The molecule has 1 nitrogen and oxygen atoms in total. The van der Waals surface area contributed by atoms with Crippen LogP contribution in [0.4, 0.5) is 5.69 Å².